The zero-order chi connectivity index (χ0) is 24.8. The smallest absolute Gasteiger partial charge is 0.385 e. The normalized spacial score (nSPS) is 24.9. The number of nitrogens with zero attached hydrogens (tertiary/aromatic N) is 2. The number of hydrogen-bond acceptors (Lipinski definition) is 5. The summed E-state index contributed by atoms with van der Waals surface area (Å²) < 4.78 is 85.0. The fraction of sp³-hybridized carbons (Fsp3) is 0.500. The molecular weight excluding hydrogens is 486 g/mol. The highest BCUT2D eigenvalue weighted by Crippen LogP contribution is 2.52. The molecule has 1 N–H and O–H groups in total. The molecule has 2 saturated heterocycles. The zero-order valence-electron chi connectivity index (χ0n) is 19.0. The Kier molecular flexibility index (Phi) is 6.43. The molecular formula is C24H27F4N3O3S. The maximum absolute atomic E-state index is 14.6. The van der Waals surface area contributed by atoms with Crippen molar-refractivity contribution < 1.29 is 30.7 Å². The average Bonchev–Trinajstić information content (AvgIpc) is 3.25. The molecule has 6 nitrogen and oxygen atoms in total. The van der Waals surface area contributed by atoms with Crippen molar-refractivity contribution in [2.24, 2.45) is 17.8 Å². The third-order valence-electron chi connectivity index (χ3n) is 7.20. The first-order valence-electron chi connectivity index (χ1n) is 11.6. The number of halogens is 4. The van der Waals surface area contributed by atoms with Gasteiger partial charge in [-0.25, -0.2) is 17.1 Å². The Hall–Kier alpha value is -2.37. The molecule has 11 heteroatoms. The first kappa shape index (κ1) is 24.3. The highest BCUT2D eigenvalue weighted by molar-refractivity contribution is 7.88. The van der Waals surface area contributed by atoms with E-state index >= 15 is 0 Å². The van der Waals surface area contributed by atoms with Gasteiger partial charge in [-0.15, -0.1) is 0 Å². The standard InChI is InChI=1S/C24H27F4N3O3S/c25-22-11-18(5-6-23(22)30-7-9-34-10-8-30)29-12-19-20-13-31(14-21(19)20)35(32,33)15-16-1-3-17(4-2-16)24(26,27)28/h1-6,11,19-21,29H,7-10,12-15H2. The number of morpholine rings is 1. The number of fused-ring (bicyclic) bond motifs is 1. The minimum atomic E-state index is -4.45. The first-order chi connectivity index (χ1) is 16.6. The number of piperidine rings is 1. The number of rotatable bonds is 7. The molecule has 2 heterocycles. The van der Waals surface area contributed by atoms with Crippen LogP contribution in [0.25, 0.3) is 0 Å². The van der Waals surface area contributed by atoms with Gasteiger partial charge in [-0.05, 0) is 53.6 Å². The summed E-state index contributed by atoms with van der Waals surface area (Å²) in [6.07, 6.45) is -4.45. The number of hydrogen-bond donors (Lipinski definition) is 1. The summed E-state index contributed by atoms with van der Waals surface area (Å²) in [4.78, 5) is 1.97. The molecule has 3 fully saturated rings. The molecule has 2 aromatic carbocycles. The second kappa shape index (κ2) is 9.25. The quantitative estimate of drug-likeness (QED) is 0.571. The van der Waals surface area contributed by atoms with Crippen LogP contribution in [0.5, 0.6) is 0 Å². The van der Waals surface area contributed by atoms with Gasteiger partial charge in [-0.1, -0.05) is 12.1 Å². The second-order valence-electron chi connectivity index (χ2n) is 9.41. The van der Waals surface area contributed by atoms with Gasteiger partial charge < -0.3 is 15.0 Å². The summed E-state index contributed by atoms with van der Waals surface area (Å²) in [7, 11) is -3.61. The zero-order valence-corrected chi connectivity index (χ0v) is 19.8. The molecule has 35 heavy (non-hydrogen) atoms. The van der Waals surface area contributed by atoms with Crippen molar-refractivity contribution in [3.8, 4) is 0 Å². The number of sulfonamides is 1. The van der Waals surface area contributed by atoms with Gasteiger partial charge >= 0.3 is 6.18 Å². The van der Waals surface area contributed by atoms with Crippen molar-refractivity contribution in [1.29, 1.82) is 0 Å². The van der Waals surface area contributed by atoms with Gasteiger partial charge in [0.1, 0.15) is 5.82 Å². The minimum Gasteiger partial charge on any atom is -0.385 e. The molecule has 0 aromatic heterocycles. The van der Waals surface area contributed by atoms with Crippen LogP contribution in [0.2, 0.25) is 0 Å². The van der Waals surface area contributed by atoms with Gasteiger partial charge in [0.25, 0.3) is 0 Å². The van der Waals surface area contributed by atoms with Crippen LogP contribution < -0.4 is 10.2 Å². The largest absolute Gasteiger partial charge is 0.416 e. The van der Waals surface area contributed by atoms with Gasteiger partial charge in [0.05, 0.1) is 30.2 Å². The molecule has 5 rings (SSSR count). The Morgan fingerprint density at radius 1 is 1.00 bits per heavy atom. The summed E-state index contributed by atoms with van der Waals surface area (Å²) in [5.41, 5.74) is 0.790. The van der Waals surface area contributed by atoms with Crippen molar-refractivity contribution in [1.82, 2.24) is 4.31 Å². The molecule has 1 aliphatic carbocycles. The summed E-state index contributed by atoms with van der Waals surface area (Å²) in [5.74, 6) is 0.190. The number of nitrogens with one attached hydrogen (secondary N) is 1. The van der Waals surface area contributed by atoms with E-state index in [0.29, 0.717) is 68.8 Å². The summed E-state index contributed by atoms with van der Waals surface area (Å²) >= 11 is 0. The molecule has 2 aliphatic heterocycles. The lowest BCUT2D eigenvalue weighted by Gasteiger charge is -2.29. The van der Waals surface area contributed by atoms with Gasteiger partial charge in [0.15, 0.2) is 0 Å². The predicted octanol–water partition coefficient (Wildman–Crippen LogP) is 3.80. The van der Waals surface area contributed by atoms with Crippen molar-refractivity contribution >= 4 is 21.4 Å². The van der Waals surface area contributed by atoms with E-state index in [1.165, 1.54) is 22.5 Å². The Labute approximate surface area is 201 Å². The van der Waals surface area contributed by atoms with Gasteiger partial charge in [-0.3, -0.25) is 0 Å². The van der Waals surface area contributed by atoms with E-state index in [4.69, 9.17) is 4.74 Å². The Bertz CT molecular complexity index is 1160. The van der Waals surface area contributed by atoms with Crippen LogP contribution in [-0.4, -0.2) is 58.7 Å². The lowest BCUT2D eigenvalue weighted by Crippen LogP contribution is -2.36. The topological polar surface area (TPSA) is 61.9 Å². The molecule has 2 aromatic rings. The molecule has 0 bridgehead atoms. The summed E-state index contributed by atoms with van der Waals surface area (Å²) in [6.45, 7) is 3.94. The lowest BCUT2D eigenvalue weighted by atomic mass is 10.1. The van der Waals surface area contributed by atoms with E-state index in [1.807, 2.05) is 11.0 Å². The molecule has 2 atom stereocenters. The van der Waals surface area contributed by atoms with Crippen LogP contribution in [0.15, 0.2) is 42.5 Å². The van der Waals surface area contributed by atoms with Crippen LogP contribution in [0.3, 0.4) is 0 Å². The third kappa shape index (κ3) is 5.26. The number of alkyl halides is 3. The van der Waals surface area contributed by atoms with Crippen LogP contribution in [0.4, 0.5) is 28.9 Å². The predicted molar refractivity (Wildman–Crippen MR) is 124 cm³/mol. The van der Waals surface area contributed by atoms with Crippen molar-refractivity contribution in [2.75, 3.05) is 56.2 Å². The van der Waals surface area contributed by atoms with Gasteiger partial charge in [0.2, 0.25) is 10.0 Å². The summed E-state index contributed by atoms with van der Waals surface area (Å²) in [6, 6.07) is 9.36. The van der Waals surface area contributed by atoms with Crippen LogP contribution in [0.1, 0.15) is 11.1 Å². The first-order valence-corrected chi connectivity index (χ1v) is 13.2. The van der Waals surface area contributed by atoms with E-state index in [2.05, 4.69) is 5.32 Å². The molecule has 1 saturated carbocycles. The molecule has 0 amide bonds. The van der Waals surface area contributed by atoms with Gasteiger partial charge in [0, 0.05) is 38.4 Å². The van der Waals surface area contributed by atoms with Crippen LogP contribution in [-0.2, 0) is 26.7 Å². The number of benzene rings is 2. The molecule has 3 aliphatic rings. The Morgan fingerprint density at radius 2 is 1.66 bits per heavy atom. The number of anilines is 2. The molecule has 2 unspecified atom stereocenters. The van der Waals surface area contributed by atoms with Crippen LogP contribution in [0, 0.1) is 23.6 Å². The molecule has 0 radical (unpaired) electrons. The maximum atomic E-state index is 14.6. The average molecular weight is 514 g/mol. The summed E-state index contributed by atoms with van der Waals surface area (Å²) in [5, 5.41) is 3.27. The fourth-order valence-electron chi connectivity index (χ4n) is 5.15. The van der Waals surface area contributed by atoms with E-state index < -0.39 is 21.8 Å². The monoisotopic (exact) mass is 513 g/mol. The van der Waals surface area contributed by atoms with Crippen molar-refractivity contribution in [3.05, 3.63) is 59.4 Å². The van der Waals surface area contributed by atoms with E-state index in [0.717, 1.165) is 12.1 Å². The Morgan fingerprint density at radius 3 is 2.26 bits per heavy atom. The van der Waals surface area contributed by atoms with Gasteiger partial charge in [-0.2, -0.15) is 13.2 Å². The maximum Gasteiger partial charge on any atom is 0.416 e. The SMILES string of the molecule is O=S(=O)(Cc1ccc(C(F)(F)F)cc1)N1CC2C(CNc3ccc(N4CCOCC4)c(F)c3)C2C1. The number of ether oxygens (including phenoxy) is 1. The molecule has 0 spiro atoms. The minimum absolute atomic E-state index is 0.238. The van der Waals surface area contributed by atoms with Crippen molar-refractivity contribution in [2.45, 2.75) is 11.9 Å². The second-order valence-corrected chi connectivity index (χ2v) is 11.4. The van der Waals surface area contributed by atoms with Crippen LogP contribution >= 0.6 is 0 Å². The highest BCUT2D eigenvalue weighted by Gasteiger charge is 2.57. The van der Waals surface area contributed by atoms with Crippen molar-refractivity contribution in [3.63, 3.8) is 0 Å². The Balaban J connectivity index is 1.11. The van der Waals surface area contributed by atoms with E-state index in [1.54, 1.807) is 6.07 Å². The highest BCUT2D eigenvalue weighted by atomic mass is 32.2. The van der Waals surface area contributed by atoms with E-state index in [9.17, 15) is 26.0 Å². The fourth-order valence-corrected chi connectivity index (χ4v) is 6.74. The lowest BCUT2D eigenvalue weighted by molar-refractivity contribution is -0.137. The molecule has 190 valence electrons. The third-order valence-corrected chi connectivity index (χ3v) is 8.99. The van der Waals surface area contributed by atoms with E-state index in [-0.39, 0.29) is 23.4 Å².